The number of rotatable bonds is 0. The molecular weight excluding hydrogens is 224 g/mol. The third-order valence-corrected chi connectivity index (χ3v) is 5.66. The Morgan fingerprint density at radius 2 is 2.28 bits per heavy atom. The minimum atomic E-state index is 0.205. The molecule has 4 atom stereocenters. The van der Waals surface area contributed by atoms with Crippen LogP contribution in [-0.4, -0.2) is 35.2 Å². The Hall–Kier alpha value is -1.09. The van der Waals surface area contributed by atoms with Crippen LogP contribution in [-0.2, 0) is 6.54 Å². The number of pyridine rings is 1. The number of aromatic nitrogens is 1. The molecule has 0 spiro atoms. The molecule has 0 amide bonds. The van der Waals surface area contributed by atoms with Crippen LogP contribution >= 0.6 is 0 Å². The average Bonchev–Trinajstić information content (AvgIpc) is 2.73. The van der Waals surface area contributed by atoms with E-state index in [4.69, 9.17) is 0 Å². The number of nitrogens with zero attached hydrogens (tertiary/aromatic N) is 2. The molecule has 1 aromatic heterocycles. The summed E-state index contributed by atoms with van der Waals surface area (Å²) in [6, 6.07) is 6.63. The Bertz CT molecular complexity index is 550. The van der Waals surface area contributed by atoms with Crippen molar-refractivity contribution < 1.29 is 4.48 Å². The molecule has 2 bridgehead atoms. The van der Waals surface area contributed by atoms with E-state index in [9.17, 15) is 4.79 Å². The van der Waals surface area contributed by atoms with Gasteiger partial charge in [-0.1, -0.05) is 6.07 Å². The molecule has 0 aromatic carbocycles. The highest BCUT2D eigenvalue weighted by molar-refractivity contribution is 5.16. The molecule has 0 N–H and O–H groups in total. The standard InChI is InChI=1S/C15H21N2O/c1-17-7-3-5-14(17)11-8-12(10-17)13-4-2-6-15(18)16(13)9-11/h2,4,6,11-12,14H,3,5,7-10H2,1H3/q+1/t11-,12+,14+,17+/m0/s1. The first-order valence-electron chi connectivity index (χ1n) is 7.21. The number of piperidine rings is 1. The summed E-state index contributed by atoms with van der Waals surface area (Å²) in [4.78, 5) is 12.0. The molecule has 3 heteroatoms. The molecule has 0 unspecified atom stereocenters. The van der Waals surface area contributed by atoms with E-state index in [0.29, 0.717) is 5.92 Å². The lowest BCUT2D eigenvalue weighted by atomic mass is 9.77. The fourth-order valence-electron chi connectivity index (χ4n) is 4.94. The van der Waals surface area contributed by atoms with E-state index in [1.54, 1.807) is 6.07 Å². The smallest absolute Gasteiger partial charge is 0.250 e. The molecule has 1 aromatic rings. The summed E-state index contributed by atoms with van der Waals surface area (Å²) in [5, 5.41) is 0. The molecule has 96 valence electrons. The van der Waals surface area contributed by atoms with Gasteiger partial charge in [0.2, 0.25) is 0 Å². The fourth-order valence-corrected chi connectivity index (χ4v) is 4.94. The lowest BCUT2D eigenvalue weighted by Gasteiger charge is -2.50. The van der Waals surface area contributed by atoms with Gasteiger partial charge in [-0.15, -0.1) is 0 Å². The van der Waals surface area contributed by atoms with Gasteiger partial charge in [0, 0.05) is 43.0 Å². The monoisotopic (exact) mass is 245 g/mol. The van der Waals surface area contributed by atoms with Gasteiger partial charge in [0.25, 0.3) is 5.56 Å². The van der Waals surface area contributed by atoms with Gasteiger partial charge in [-0.3, -0.25) is 4.79 Å². The van der Waals surface area contributed by atoms with E-state index in [1.807, 2.05) is 6.07 Å². The minimum Gasteiger partial charge on any atom is -0.323 e. The highest BCUT2D eigenvalue weighted by atomic mass is 16.1. The molecule has 2 fully saturated rings. The number of fused-ring (bicyclic) bond motifs is 6. The summed E-state index contributed by atoms with van der Waals surface area (Å²) in [5.74, 6) is 1.33. The molecule has 3 nitrogen and oxygen atoms in total. The third kappa shape index (κ3) is 1.31. The fraction of sp³-hybridized carbons (Fsp3) is 0.667. The van der Waals surface area contributed by atoms with E-state index in [0.717, 1.165) is 18.5 Å². The van der Waals surface area contributed by atoms with Crippen molar-refractivity contribution in [1.29, 1.82) is 0 Å². The van der Waals surface area contributed by atoms with Gasteiger partial charge in [-0.25, -0.2) is 0 Å². The summed E-state index contributed by atoms with van der Waals surface area (Å²) < 4.78 is 3.32. The maximum absolute atomic E-state index is 12.0. The van der Waals surface area contributed by atoms with E-state index < -0.39 is 0 Å². The molecule has 0 aliphatic carbocycles. The molecular formula is C15H21N2O+. The van der Waals surface area contributed by atoms with Crippen LogP contribution in [0.2, 0.25) is 0 Å². The number of hydrogen-bond acceptors (Lipinski definition) is 1. The molecule has 3 aliphatic heterocycles. The SMILES string of the molecule is C[N@+]12CCC[C@@H]1[C@H]1C[C@H](C2)c2cccc(=O)n2C1. The van der Waals surface area contributed by atoms with Crippen molar-refractivity contribution in [2.75, 3.05) is 20.1 Å². The summed E-state index contributed by atoms with van der Waals surface area (Å²) in [6.07, 6.45) is 4.04. The number of quaternary nitrogens is 1. The molecule has 18 heavy (non-hydrogen) atoms. The van der Waals surface area contributed by atoms with E-state index in [2.05, 4.69) is 17.7 Å². The molecule has 4 heterocycles. The Morgan fingerprint density at radius 3 is 3.17 bits per heavy atom. The van der Waals surface area contributed by atoms with Gasteiger partial charge < -0.3 is 9.05 Å². The van der Waals surface area contributed by atoms with Crippen LogP contribution in [0.1, 0.15) is 30.9 Å². The second-order valence-corrected chi connectivity index (χ2v) is 6.69. The van der Waals surface area contributed by atoms with E-state index in [1.165, 1.54) is 42.5 Å². The topological polar surface area (TPSA) is 22.0 Å². The van der Waals surface area contributed by atoms with Crippen molar-refractivity contribution in [2.45, 2.75) is 37.8 Å². The first-order chi connectivity index (χ1) is 8.67. The van der Waals surface area contributed by atoms with E-state index in [-0.39, 0.29) is 5.56 Å². The zero-order chi connectivity index (χ0) is 12.3. The van der Waals surface area contributed by atoms with Crippen LogP contribution in [0.3, 0.4) is 0 Å². The van der Waals surface area contributed by atoms with Gasteiger partial charge in [0.1, 0.15) is 0 Å². The zero-order valence-corrected chi connectivity index (χ0v) is 11.0. The average molecular weight is 245 g/mol. The largest absolute Gasteiger partial charge is 0.323 e. The van der Waals surface area contributed by atoms with Gasteiger partial charge in [-0.05, 0) is 12.5 Å². The van der Waals surface area contributed by atoms with Gasteiger partial charge in [0.05, 0.1) is 26.2 Å². The lowest BCUT2D eigenvalue weighted by molar-refractivity contribution is -0.932. The summed E-state index contributed by atoms with van der Waals surface area (Å²) in [6.45, 7) is 3.55. The molecule has 4 rings (SSSR count). The van der Waals surface area contributed by atoms with Crippen molar-refractivity contribution in [3.05, 3.63) is 34.2 Å². The number of hydrogen-bond donors (Lipinski definition) is 0. The summed E-state index contributed by atoms with van der Waals surface area (Å²) >= 11 is 0. The summed E-state index contributed by atoms with van der Waals surface area (Å²) in [7, 11) is 2.44. The Kier molecular flexibility index (Phi) is 2.08. The Morgan fingerprint density at radius 1 is 1.39 bits per heavy atom. The van der Waals surface area contributed by atoms with Crippen LogP contribution in [0.15, 0.2) is 23.0 Å². The van der Waals surface area contributed by atoms with Crippen molar-refractivity contribution in [3.8, 4) is 0 Å². The van der Waals surface area contributed by atoms with Crippen LogP contribution in [0.5, 0.6) is 0 Å². The second-order valence-electron chi connectivity index (χ2n) is 6.69. The van der Waals surface area contributed by atoms with Crippen molar-refractivity contribution in [3.63, 3.8) is 0 Å². The first kappa shape index (κ1) is 10.8. The maximum Gasteiger partial charge on any atom is 0.250 e. The van der Waals surface area contributed by atoms with Gasteiger partial charge in [0.15, 0.2) is 0 Å². The normalized spacial score (nSPS) is 41.3. The van der Waals surface area contributed by atoms with Gasteiger partial charge in [-0.2, -0.15) is 0 Å². The van der Waals surface area contributed by atoms with Crippen molar-refractivity contribution in [2.24, 2.45) is 5.92 Å². The van der Waals surface area contributed by atoms with Crippen molar-refractivity contribution >= 4 is 0 Å². The predicted molar refractivity (Wildman–Crippen MR) is 70.5 cm³/mol. The van der Waals surface area contributed by atoms with Crippen molar-refractivity contribution in [1.82, 2.24) is 4.57 Å². The number of likely N-dealkylation sites (N-methyl/N-ethyl adjacent to an activating group) is 1. The van der Waals surface area contributed by atoms with Crippen LogP contribution in [0.25, 0.3) is 0 Å². The Balaban J connectivity index is 1.83. The lowest BCUT2D eigenvalue weighted by Crippen LogP contribution is -2.60. The highest BCUT2D eigenvalue weighted by Crippen LogP contribution is 2.45. The minimum absolute atomic E-state index is 0.205. The van der Waals surface area contributed by atoms with Gasteiger partial charge >= 0.3 is 0 Å². The van der Waals surface area contributed by atoms with Crippen LogP contribution in [0.4, 0.5) is 0 Å². The zero-order valence-electron chi connectivity index (χ0n) is 11.0. The quantitative estimate of drug-likeness (QED) is 0.636. The molecule has 0 radical (unpaired) electrons. The molecule has 2 saturated heterocycles. The predicted octanol–water partition coefficient (Wildman–Crippen LogP) is 1.57. The maximum atomic E-state index is 12.0. The Labute approximate surface area is 108 Å². The second kappa shape index (κ2) is 3.47. The highest BCUT2D eigenvalue weighted by Gasteiger charge is 2.51. The molecule has 3 aliphatic rings. The first-order valence-corrected chi connectivity index (χ1v) is 7.21. The third-order valence-electron chi connectivity index (χ3n) is 5.66. The molecule has 0 saturated carbocycles. The summed E-state index contributed by atoms with van der Waals surface area (Å²) in [5.41, 5.74) is 1.50. The van der Waals surface area contributed by atoms with Crippen LogP contribution < -0.4 is 5.56 Å². The van der Waals surface area contributed by atoms with Crippen LogP contribution in [0, 0.1) is 5.92 Å². The van der Waals surface area contributed by atoms with E-state index >= 15 is 0 Å².